The molecule has 1 atom stereocenters. The molecule has 4 heterocycles. The predicted molar refractivity (Wildman–Crippen MR) is 165 cm³/mol. The van der Waals surface area contributed by atoms with Crippen molar-refractivity contribution in [3.05, 3.63) is 54.1 Å². The van der Waals surface area contributed by atoms with Gasteiger partial charge in [0.05, 0.1) is 26.4 Å². The first-order chi connectivity index (χ1) is 21.5. The zero-order valence-electron chi connectivity index (χ0n) is 24.9. The molecule has 2 aromatic carbocycles. The fraction of sp³-hybridized carbons (Fsp3) is 0.452. The van der Waals surface area contributed by atoms with E-state index in [1.807, 2.05) is 17.0 Å². The average molecular weight is 603 g/mol. The van der Waals surface area contributed by atoms with E-state index in [0.717, 1.165) is 44.7 Å². The fourth-order valence-electron chi connectivity index (χ4n) is 5.33. The van der Waals surface area contributed by atoms with Gasteiger partial charge in [0, 0.05) is 68.2 Å². The lowest BCUT2D eigenvalue weighted by atomic mass is 10.1. The summed E-state index contributed by atoms with van der Waals surface area (Å²) in [6.45, 7) is 10.1. The lowest BCUT2D eigenvalue weighted by Crippen LogP contribution is -2.48. The Hall–Kier alpha value is -4.33. The lowest BCUT2D eigenvalue weighted by Gasteiger charge is -2.34. The number of hydrogen-bond acceptors (Lipinski definition) is 10. The quantitative estimate of drug-likeness (QED) is 0.396. The van der Waals surface area contributed by atoms with Crippen LogP contribution in [0.3, 0.4) is 0 Å². The monoisotopic (exact) mass is 602 g/mol. The van der Waals surface area contributed by atoms with Crippen molar-refractivity contribution in [1.29, 1.82) is 0 Å². The largest absolute Gasteiger partial charge is 0.457 e. The Morgan fingerprint density at radius 1 is 0.841 bits per heavy atom. The number of carbonyl (C=O) groups is 2. The van der Waals surface area contributed by atoms with E-state index in [-0.39, 0.29) is 18.0 Å². The number of nitrogens with one attached hydrogen (secondary N) is 2. The summed E-state index contributed by atoms with van der Waals surface area (Å²) in [5.41, 5.74) is 2.56. The first-order valence-corrected chi connectivity index (χ1v) is 15.2. The van der Waals surface area contributed by atoms with Crippen LogP contribution in [0.1, 0.15) is 23.7 Å². The number of amides is 3. The highest BCUT2D eigenvalue weighted by Crippen LogP contribution is 2.24. The van der Waals surface area contributed by atoms with Gasteiger partial charge in [-0.15, -0.1) is 0 Å². The van der Waals surface area contributed by atoms with Gasteiger partial charge in [-0.3, -0.25) is 4.79 Å². The first kappa shape index (κ1) is 29.7. The summed E-state index contributed by atoms with van der Waals surface area (Å²) < 4.78 is 16.9. The fourth-order valence-corrected chi connectivity index (χ4v) is 5.33. The van der Waals surface area contributed by atoms with E-state index < -0.39 is 6.03 Å². The number of hydrogen-bond donors (Lipinski definition) is 2. The molecule has 3 amide bonds. The van der Waals surface area contributed by atoms with Crippen LogP contribution in [-0.2, 0) is 9.47 Å². The molecule has 1 unspecified atom stereocenters. The minimum atomic E-state index is -0.392. The third kappa shape index (κ3) is 7.41. The van der Waals surface area contributed by atoms with Crippen LogP contribution in [0.5, 0.6) is 6.01 Å². The Labute approximate surface area is 256 Å². The smallest absolute Gasteiger partial charge is 0.323 e. The van der Waals surface area contributed by atoms with Crippen LogP contribution in [0.2, 0.25) is 0 Å². The van der Waals surface area contributed by atoms with Gasteiger partial charge in [0.2, 0.25) is 5.95 Å². The van der Waals surface area contributed by atoms with Crippen molar-refractivity contribution in [3.8, 4) is 17.4 Å². The van der Waals surface area contributed by atoms with Gasteiger partial charge in [0.25, 0.3) is 5.91 Å². The number of anilines is 3. The highest BCUT2D eigenvalue weighted by Gasteiger charge is 2.23. The Morgan fingerprint density at radius 2 is 1.52 bits per heavy atom. The molecule has 13 nitrogen and oxygen atoms in total. The summed E-state index contributed by atoms with van der Waals surface area (Å²) in [6, 6.07) is 14.1. The predicted octanol–water partition coefficient (Wildman–Crippen LogP) is 2.96. The highest BCUT2D eigenvalue weighted by molar-refractivity contribution is 6.00. The summed E-state index contributed by atoms with van der Waals surface area (Å²) in [7, 11) is 0. The third-order valence-electron chi connectivity index (χ3n) is 7.95. The number of piperazine rings is 1. The van der Waals surface area contributed by atoms with Crippen molar-refractivity contribution < 1.29 is 23.8 Å². The third-order valence-corrected chi connectivity index (χ3v) is 7.95. The molecule has 13 heteroatoms. The van der Waals surface area contributed by atoms with E-state index >= 15 is 0 Å². The summed E-state index contributed by atoms with van der Waals surface area (Å²) in [5.74, 6) is 1.03. The van der Waals surface area contributed by atoms with Crippen LogP contribution in [0.4, 0.5) is 22.1 Å². The van der Waals surface area contributed by atoms with Crippen molar-refractivity contribution in [1.82, 2.24) is 24.8 Å². The van der Waals surface area contributed by atoms with Crippen molar-refractivity contribution >= 4 is 29.3 Å². The number of aromatic nitrogens is 3. The molecule has 0 saturated carbocycles. The Bertz CT molecular complexity index is 1420. The number of urea groups is 1. The van der Waals surface area contributed by atoms with Crippen molar-refractivity contribution in [2.45, 2.75) is 19.4 Å². The van der Waals surface area contributed by atoms with Gasteiger partial charge in [0.1, 0.15) is 6.10 Å². The van der Waals surface area contributed by atoms with E-state index in [9.17, 15) is 9.59 Å². The number of carbonyl (C=O) groups excluding carboxylic acids is 2. The molecule has 1 aromatic heterocycles. The van der Waals surface area contributed by atoms with Crippen LogP contribution >= 0.6 is 0 Å². The highest BCUT2D eigenvalue weighted by atomic mass is 16.6. The topological polar surface area (TPSA) is 134 Å². The van der Waals surface area contributed by atoms with Gasteiger partial charge in [-0.2, -0.15) is 15.0 Å². The van der Waals surface area contributed by atoms with Crippen molar-refractivity contribution in [3.63, 3.8) is 0 Å². The van der Waals surface area contributed by atoms with E-state index in [2.05, 4.69) is 37.3 Å². The van der Waals surface area contributed by atoms with Crippen LogP contribution < -0.4 is 20.3 Å². The normalized spacial score (nSPS) is 19.1. The van der Waals surface area contributed by atoms with E-state index in [1.165, 1.54) is 0 Å². The average Bonchev–Trinajstić information content (AvgIpc) is 3.58. The molecule has 0 radical (unpaired) electrons. The molecule has 2 N–H and O–H groups in total. The second-order valence-electron chi connectivity index (χ2n) is 10.9. The molecule has 44 heavy (non-hydrogen) atoms. The van der Waals surface area contributed by atoms with Crippen LogP contribution in [0, 0.1) is 0 Å². The second-order valence-corrected chi connectivity index (χ2v) is 10.9. The molecule has 6 rings (SSSR count). The van der Waals surface area contributed by atoms with Crippen molar-refractivity contribution in [2.24, 2.45) is 0 Å². The molecule has 3 aromatic rings. The van der Waals surface area contributed by atoms with Gasteiger partial charge in [-0.25, -0.2) is 4.79 Å². The number of ether oxygens (including phenoxy) is 3. The Morgan fingerprint density at radius 3 is 2.16 bits per heavy atom. The van der Waals surface area contributed by atoms with E-state index in [4.69, 9.17) is 19.2 Å². The lowest BCUT2D eigenvalue weighted by molar-refractivity contribution is 0.0643. The Balaban J connectivity index is 1.07. The molecule has 0 spiro atoms. The summed E-state index contributed by atoms with van der Waals surface area (Å²) in [5, 5.41) is 5.67. The molecule has 3 saturated heterocycles. The molecule has 0 bridgehead atoms. The SMILES string of the molecule is CCN1CCN(C(=O)c2ccc(NC(=O)Nc3ccc(-c4nc(OC5CCOC5)nc(N5CCOCC5)n4)cc3)cc2)CC1. The van der Waals surface area contributed by atoms with Crippen LogP contribution in [0.25, 0.3) is 11.4 Å². The Kier molecular flexibility index (Phi) is 9.44. The number of nitrogens with zero attached hydrogens (tertiary/aromatic N) is 6. The zero-order valence-corrected chi connectivity index (χ0v) is 24.9. The molecule has 3 aliphatic rings. The minimum Gasteiger partial charge on any atom is -0.457 e. The molecule has 3 aliphatic heterocycles. The number of morpholine rings is 1. The van der Waals surface area contributed by atoms with Gasteiger partial charge < -0.3 is 39.5 Å². The summed E-state index contributed by atoms with van der Waals surface area (Å²) in [4.78, 5) is 45.7. The van der Waals surface area contributed by atoms with Crippen LogP contribution in [0.15, 0.2) is 48.5 Å². The summed E-state index contributed by atoms with van der Waals surface area (Å²) >= 11 is 0. The first-order valence-electron chi connectivity index (χ1n) is 15.2. The van der Waals surface area contributed by atoms with Gasteiger partial charge >= 0.3 is 12.0 Å². The summed E-state index contributed by atoms with van der Waals surface area (Å²) in [6.07, 6.45) is 0.696. The second kappa shape index (κ2) is 14.0. The van der Waals surface area contributed by atoms with Gasteiger partial charge in [-0.1, -0.05) is 6.92 Å². The number of rotatable bonds is 8. The molecular formula is C31H38N8O5. The molecule has 3 fully saturated rings. The maximum absolute atomic E-state index is 12.9. The van der Waals surface area contributed by atoms with E-state index in [0.29, 0.717) is 68.2 Å². The van der Waals surface area contributed by atoms with Gasteiger partial charge in [0.15, 0.2) is 5.82 Å². The van der Waals surface area contributed by atoms with Crippen LogP contribution in [-0.4, -0.2) is 115 Å². The zero-order chi connectivity index (χ0) is 30.3. The van der Waals surface area contributed by atoms with Crippen molar-refractivity contribution in [2.75, 3.05) is 87.8 Å². The van der Waals surface area contributed by atoms with E-state index in [1.54, 1.807) is 36.4 Å². The maximum Gasteiger partial charge on any atom is 0.323 e. The number of benzene rings is 2. The standard InChI is InChI=1S/C31H38N8O5/c1-2-37-12-14-38(15-13-37)28(40)23-5-9-25(10-6-23)33-30(41)32-24-7-3-22(4-8-24)27-34-29(39-16-19-42-20-17-39)36-31(35-27)44-26-11-18-43-21-26/h3-10,26H,2,11-21H2,1H3,(H2,32,33,41). The molecule has 232 valence electrons. The number of likely N-dealkylation sites (N-methyl/N-ethyl adjacent to an activating group) is 1. The molecule has 0 aliphatic carbocycles. The minimum absolute atomic E-state index is 0.0123. The molecular weight excluding hydrogens is 564 g/mol. The maximum atomic E-state index is 12.9. The van der Waals surface area contributed by atoms with Gasteiger partial charge in [-0.05, 0) is 55.1 Å².